The van der Waals surface area contributed by atoms with E-state index < -0.39 is 0 Å². The molecular formula is C21H26N4O4. The number of amides is 2. The van der Waals surface area contributed by atoms with Gasteiger partial charge >= 0.3 is 0 Å². The number of ether oxygens (including phenoxy) is 1. The molecule has 0 atom stereocenters. The molecule has 8 heteroatoms. The minimum Gasteiger partial charge on any atom is -0.379 e. The molecule has 0 unspecified atom stereocenters. The van der Waals surface area contributed by atoms with Crippen molar-refractivity contribution in [2.75, 3.05) is 51.3 Å². The maximum atomic E-state index is 12.8. The first kappa shape index (κ1) is 20.8. The molecule has 154 valence electrons. The molecule has 2 heterocycles. The van der Waals surface area contributed by atoms with Crippen molar-refractivity contribution in [2.45, 2.75) is 6.92 Å². The molecule has 2 amide bonds. The lowest BCUT2D eigenvalue weighted by Crippen LogP contribution is -2.45. The summed E-state index contributed by atoms with van der Waals surface area (Å²) in [5.74, 6) is 0.412. The van der Waals surface area contributed by atoms with Gasteiger partial charge in [-0.1, -0.05) is 35.5 Å². The molecule has 1 aromatic carbocycles. The lowest BCUT2D eigenvalue weighted by atomic mass is 10.2. The summed E-state index contributed by atoms with van der Waals surface area (Å²) in [5.41, 5.74) is 0.927. The van der Waals surface area contributed by atoms with E-state index in [1.807, 2.05) is 30.3 Å². The minimum absolute atomic E-state index is 0.0613. The van der Waals surface area contributed by atoms with Crippen molar-refractivity contribution in [3.05, 3.63) is 53.8 Å². The van der Waals surface area contributed by atoms with Crippen LogP contribution in [-0.2, 0) is 14.3 Å². The van der Waals surface area contributed by atoms with Crippen molar-refractivity contribution in [2.24, 2.45) is 0 Å². The SMILES string of the molecule is Cc1cc(NC(=O)CN(CCN2CCOCC2)C(=O)C=Cc2ccccc2)no1. The van der Waals surface area contributed by atoms with Crippen LogP contribution in [0, 0.1) is 6.92 Å². The zero-order chi connectivity index (χ0) is 20.5. The Morgan fingerprint density at radius 1 is 1.24 bits per heavy atom. The van der Waals surface area contributed by atoms with Gasteiger partial charge in [0, 0.05) is 38.3 Å². The van der Waals surface area contributed by atoms with Gasteiger partial charge in [-0.25, -0.2) is 0 Å². The van der Waals surface area contributed by atoms with E-state index in [1.165, 1.54) is 11.0 Å². The van der Waals surface area contributed by atoms with E-state index in [4.69, 9.17) is 9.26 Å². The van der Waals surface area contributed by atoms with Gasteiger partial charge < -0.3 is 19.5 Å². The minimum atomic E-state index is -0.318. The van der Waals surface area contributed by atoms with Gasteiger partial charge in [-0.3, -0.25) is 14.5 Å². The highest BCUT2D eigenvalue weighted by Crippen LogP contribution is 2.08. The van der Waals surface area contributed by atoms with Crippen LogP contribution in [0.4, 0.5) is 5.82 Å². The smallest absolute Gasteiger partial charge is 0.247 e. The number of benzene rings is 1. The molecule has 0 radical (unpaired) electrons. The second-order valence-corrected chi connectivity index (χ2v) is 6.83. The Labute approximate surface area is 170 Å². The lowest BCUT2D eigenvalue weighted by molar-refractivity contribution is -0.130. The molecule has 0 spiro atoms. The van der Waals surface area contributed by atoms with Gasteiger partial charge in [0.05, 0.1) is 13.2 Å². The van der Waals surface area contributed by atoms with Crippen molar-refractivity contribution in [3.63, 3.8) is 0 Å². The average Bonchev–Trinajstić information content (AvgIpc) is 3.15. The molecule has 1 fully saturated rings. The fourth-order valence-electron chi connectivity index (χ4n) is 2.97. The van der Waals surface area contributed by atoms with E-state index >= 15 is 0 Å². The summed E-state index contributed by atoms with van der Waals surface area (Å²) in [5, 5.41) is 6.42. The number of aromatic nitrogens is 1. The fraction of sp³-hybridized carbons (Fsp3) is 0.381. The zero-order valence-corrected chi connectivity index (χ0v) is 16.5. The molecule has 1 aromatic heterocycles. The first-order valence-corrected chi connectivity index (χ1v) is 9.65. The number of hydrogen-bond acceptors (Lipinski definition) is 6. The quantitative estimate of drug-likeness (QED) is 0.682. The predicted molar refractivity (Wildman–Crippen MR) is 109 cm³/mol. The largest absolute Gasteiger partial charge is 0.379 e. The van der Waals surface area contributed by atoms with Crippen LogP contribution in [0.3, 0.4) is 0 Å². The monoisotopic (exact) mass is 398 g/mol. The number of rotatable bonds is 8. The van der Waals surface area contributed by atoms with E-state index in [0.29, 0.717) is 37.9 Å². The molecule has 0 saturated carbocycles. The Morgan fingerprint density at radius 3 is 2.69 bits per heavy atom. The number of carbonyl (C=O) groups is 2. The van der Waals surface area contributed by atoms with Crippen molar-refractivity contribution in [1.82, 2.24) is 15.0 Å². The highest BCUT2D eigenvalue weighted by Gasteiger charge is 2.18. The van der Waals surface area contributed by atoms with Crippen molar-refractivity contribution in [1.29, 1.82) is 0 Å². The van der Waals surface area contributed by atoms with E-state index in [-0.39, 0.29) is 18.4 Å². The molecular weight excluding hydrogens is 372 g/mol. The highest BCUT2D eigenvalue weighted by molar-refractivity contribution is 5.97. The first-order valence-electron chi connectivity index (χ1n) is 9.65. The molecule has 1 aliphatic rings. The van der Waals surface area contributed by atoms with Crippen LogP contribution in [0.2, 0.25) is 0 Å². The number of anilines is 1. The summed E-state index contributed by atoms with van der Waals surface area (Å²) in [6.45, 7) is 5.84. The number of carbonyl (C=O) groups excluding carboxylic acids is 2. The Kier molecular flexibility index (Phi) is 7.54. The third-order valence-electron chi connectivity index (χ3n) is 4.55. The van der Waals surface area contributed by atoms with Crippen LogP contribution in [0.25, 0.3) is 6.08 Å². The number of nitrogens with zero attached hydrogens (tertiary/aromatic N) is 3. The summed E-state index contributed by atoms with van der Waals surface area (Å²) >= 11 is 0. The Balaban J connectivity index is 1.61. The third kappa shape index (κ3) is 6.85. The summed E-state index contributed by atoms with van der Waals surface area (Å²) in [6.07, 6.45) is 3.26. The molecule has 0 bridgehead atoms. The molecule has 3 rings (SSSR count). The van der Waals surface area contributed by atoms with Crippen LogP contribution < -0.4 is 5.32 Å². The summed E-state index contributed by atoms with van der Waals surface area (Å²) < 4.78 is 10.3. The van der Waals surface area contributed by atoms with Crippen molar-refractivity contribution >= 4 is 23.7 Å². The second kappa shape index (κ2) is 10.5. The second-order valence-electron chi connectivity index (χ2n) is 6.83. The van der Waals surface area contributed by atoms with E-state index in [9.17, 15) is 9.59 Å². The molecule has 1 aliphatic heterocycles. The van der Waals surface area contributed by atoms with Gasteiger partial charge in [0.15, 0.2) is 5.82 Å². The van der Waals surface area contributed by atoms with Gasteiger partial charge in [-0.2, -0.15) is 0 Å². The number of aryl methyl sites for hydroxylation is 1. The van der Waals surface area contributed by atoms with Gasteiger partial charge in [0.1, 0.15) is 12.3 Å². The number of hydrogen-bond donors (Lipinski definition) is 1. The normalized spacial score (nSPS) is 14.8. The number of nitrogens with one attached hydrogen (secondary N) is 1. The van der Waals surface area contributed by atoms with E-state index in [2.05, 4.69) is 15.4 Å². The zero-order valence-electron chi connectivity index (χ0n) is 16.5. The molecule has 1 saturated heterocycles. The van der Waals surface area contributed by atoms with Gasteiger partial charge in [0.25, 0.3) is 0 Å². The van der Waals surface area contributed by atoms with Crippen molar-refractivity contribution in [3.8, 4) is 0 Å². The van der Waals surface area contributed by atoms with Gasteiger partial charge in [0.2, 0.25) is 11.8 Å². The van der Waals surface area contributed by atoms with Crippen LogP contribution in [0.15, 0.2) is 47.0 Å². The highest BCUT2D eigenvalue weighted by atomic mass is 16.5. The molecule has 29 heavy (non-hydrogen) atoms. The molecule has 8 nitrogen and oxygen atoms in total. The Hall–Kier alpha value is -2.97. The topological polar surface area (TPSA) is 87.9 Å². The standard InChI is InChI=1S/C21H26N4O4/c1-17-15-19(23-29-17)22-20(26)16-25(10-9-24-11-13-28-14-12-24)21(27)8-7-18-5-3-2-4-6-18/h2-8,15H,9-14,16H2,1H3,(H,22,23,26). The van der Waals surface area contributed by atoms with E-state index in [1.54, 1.807) is 19.1 Å². The summed E-state index contributed by atoms with van der Waals surface area (Å²) in [7, 11) is 0. The molecule has 2 aromatic rings. The molecule has 0 aliphatic carbocycles. The lowest BCUT2D eigenvalue weighted by Gasteiger charge is -2.29. The van der Waals surface area contributed by atoms with Crippen LogP contribution in [0.1, 0.15) is 11.3 Å². The summed E-state index contributed by atoms with van der Waals surface area (Å²) in [4.78, 5) is 28.9. The van der Waals surface area contributed by atoms with E-state index in [0.717, 1.165) is 18.7 Å². The maximum Gasteiger partial charge on any atom is 0.247 e. The number of morpholine rings is 1. The maximum absolute atomic E-state index is 12.8. The van der Waals surface area contributed by atoms with Crippen LogP contribution in [-0.4, -0.2) is 72.7 Å². The van der Waals surface area contributed by atoms with Crippen LogP contribution >= 0.6 is 0 Å². The first-order chi connectivity index (χ1) is 14.1. The average molecular weight is 398 g/mol. The van der Waals surface area contributed by atoms with Gasteiger partial charge in [-0.15, -0.1) is 0 Å². The Morgan fingerprint density at radius 2 is 2.00 bits per heavy atom. The predicted octanol–water partition coefficient (Wildman–Crippen LogP) is 1.80. The van der Waals surface area contributed by atoms with Crippen molar-refractivity contribution < 1.29 is 18.8 Å². The molecule has 1 N–H and O–H groups in total. The third-order valence-corrected chi connectivity index (χ3v) is 4.55. The summed E-state index contributed by atoms with van der Waals surface area (Å²) in [6, 6.07) is 11.2. The van der Waals surface area contributed by atoms with Crippen LogP contribution in [0.5, 0.6) is 0 Å². The van der Waals surface area contributed by atoms with Gasteiger partial charge in [-0.05, 0) is 18.6 Å². The fourth-order valence-corrected chi connectivity index (χ4v) is 2.97. The Bertz CT molecular complexity index is 828.